The summed E-state index contributed by atoms with van der Waals surface area (Å²) in [6.45, 7) is 0. The molecule has 0 aliphatic rings. The lowest BCUT2D eigenvalue weighted by Crippen LogP contribution is -1.91. The van der Waals surface area contributed by atoms with Gasteiger partial charge in [0, 0.05) is 4.47 Å². The van der Waals surface area contributed by atoms with E-state index in [1.807, 2.05) is 12.1 Å². The summed E-state index contributed by atoms with van der Waals surface area (Å²) in [7, 11) is 3.18. The van der Waals surface area contributed by atoms with Crippen LogP contribution in [0, 0.1) is 0 Å². The molecule has 0 aliphatic heterocycles. The van der Waals surface area contributed by atoms with Gasteiger partial charge in [0.2, 0.25) is 0 Å². The molecule has 2 nitrogen and oxygen atoms in total. The third-order valence-electron chi connectivity index (χ3n) is 1.42. The topological polar surface area (TPSA) is 18.5 Å². The molecule has 0 saturated carbocycles. The van der Waals surface area contributed by atoms with Gasteiger partial charge in [-0.3, -0.25) is 0 Å². The van der Waals surface area contributed by atoms with E-state index in [1.165, 1.54) is 0 Å². The molecule has 0 N–H and O–H groups in total. The number of halogens is 1. The van der Waals surface area contributed by atoms with Gasteiger partial charge in [-0.25, -0.2) is 0 Å². The molecule has 0 amide bonds. The molecule has 0 aliphatic carbocycles. The SMILES string of the molecule is COc1cc(Br)cc(S)c1OC. The third-order valence-corrected chi connectivity index (χ3v) is 2.21. The Morgan fingerprint density at radius 1 is 1.25 bits per heavy atom. The molecule has 12 heavy (non-hydrogen) atoms. The highest BCUT2D eigenvalue weighted by Gasteiger charge is 2.07. The molecule has 0 heterocycles. The van der Waals surface area contributed by atoms with E-state index in [1.54, 1.807) is 14.2 Å². The van der Waals surface area contributed by atoms with Crippen molar-refractivity contribution in [3.63, 3.8) is 0 Å². The van der Waals surface area contributed by atoms with Crippen molar-refractivity contribution < 1.29 is 9.47 Å². The third kappa shape index (κ3) is 1.87. The number of rotatable bonds is 2. The van der Waals surface area contributed by atoms with E-state index in [4.69, 9.17) is 9.47 Å². The van der Waals surface area contributed by atoms with E-state index in [0.29, 0.717) is 11.5 Å². The average molecular weight is 249 g/mol. The summed E-state index contributed by atoms with van der Waals surface area (Å²) < 4.78 is 11.1. The fraction of sp³-hybridized carbons (Fsp3) is 0.250. The zero-order valence-electron chi connectivity index (χ0n) is 6.80. The normalized spacial score (nSPS) is 9.67. The molecular weight excluding hydrogens is 240 g/mol. The minimum Gasteiger partial charge on any atom is -0.493 e. The van der Waals surface area contributed by atoms with Gasteiger partial charge in [-0.1, -0.05) is 15.9 Å². The highest BCUT2D eigenvalue weighted by atomic mass is 79.9. The minimum absolute atomic E-state index is 0.657. The van der Waals surface area contributed by atoms with Crippen LogP contribution in [0.25, 0.3) is 0 Å². The molecule has 0 radical (unpaired) electrons. The first-order valence-electron chi connectivity index (χ1n) is 3.29. The second kappa shape index (κ2) is 4.05. The van der Waals surface area contributed by atoms with Crippen LogP contribution in [0.5, 0.6) is 11.5 Å². The molecular formula is C8H9BrO2S. The number of ether oxygens (including phenoxy) is 2. The van der Waals surface area contributed by atoms with Gasteiger partial charge in [-0.15, -0.1) is 12.6 Å². The smallest absolute Gasteiger partial charge is 0.174 e. The van der Waals surface area contributed by atoms with Gasteiger partial charge in [-0.05, 0) is 12.1 Å². The summed E-state index contributed by atoms with van der Waals surface area (Å²) >= 11 is 7.57. The standard InChI is InChI=1S/C8H9BrO2S/c1-10-6-3-5(9)4-7(12)8(6)11-2/h3-4,12H,1-2H3. The zero-order chi connectivity index (χ0) is 9.14. The van der Waals surface area contributed by atoms with E-state index in [0.717, 1.165) is 9.37 Å². The van der Waals surface area contributed by atoms with Gasteiger partial charge in [0.05, 0.1) is 19.1 Å². The van der Waals surface area contributed by atoms with Gasteiger partial charge in [-0.2, -0.15) is 0 Å². The summed E-state index contributed by atoms with van der Waals surface area (Å²) in [5, 5.41) is 0. The molecule has 4 heteroatoms. The quantitative estimate of drug-likeness (QED) is 0.812. The van der Waals surface area contributed by atoms with Crippen molar-refractivity contribution in [1.82, 2.24) is 0 Å². The fourth-order valence-corrected chi connectivity index (χ4v) is 1.87. The van der Waals surface area contributed by atoms with Gasteiger partial charge >= 0.3 is 0 Å². The van der Waals surface area contributed by atoms with E-state index in [-0.39, 0.29) is 0 Å². The maximum absolute atomic E-state index is 5.10. The molecule has 66 valence electrons. The lowest BCUT2D eigenvalue weighted by atomic mass is 10.3. The van der Waals surface area contributed by atoms with Crippen molar-refractivity contribution in [2.45, 2.75) is 4.90 Å². The Kier molecular flexibility index (Phi) is 3.29. The van der Waals surface area contributed by atoms with Crippen LogP contribution in [0.1, 0.15) is 0 Å². The van der Waals surface area contributed by atoms with E-state index in [2.05, 4.69) is 28.6 Å². The first-order chi connectivity index (χ1) is 5.69. The second-order valence-electron chi connectivity index (χ2n) is 2.16. The average Bonchev–Trinajstić information content (AvgIpc) is 2.03. The number of methoxy groups -OCH3 is 2. The van der Waals surface area contributed by atoms with Crippen LogP contribution in [0.3, 0.4) is 0 Å². The lowest BCUT2D eigenvalue weighted by molar-refractivity contribution is 0.348. The minimum atomic E-state index is 0.657. The summed E-state index contributed by atoms with van der Waals surface area (Å²) in [4.78, 5) is 0.753. The van der Waals surface area contributed by atoms with Crippen molar-refractivity contribution >= 4 is 28.6 Å². The van der Waals surface area contributed by atoms with E-state index in [9.17, 15) is 0 Å². The number of benzene rings is 1. The summed E-state index contributed by atoms with van der Waals surface area (Å²) in [5.74, 6) is 1.33. The van der Waals surface area contributed by atoms with Crippen molar-refractivity contribution in [3.05, 3.63) is 16.6 Å². The first kappa shape index (κ1) is 9.74. The molecule has 0 aromatic heterocycles. The zero-order valence-corrected chi connectivity index (χ0v) is 9.28. The number of thiol groups is 1. The molecule has 0 atom stereocenters. The van der Waals surface area contributed by atoms with Gasteiger partial charge < -0.3 is 9.47 Å². The van der Waals surface area contributed by atoms with Crippen LogP contribution in [0.2, 0.25) is 0 Å². The van der Waals surface area contributed by atoms with E-state index < -0.39 is 0 Å². The molecule has 0 unspecified atom stereocenters. The Morgan fingerprint density at radius 2 is 1.92 bits per heavy atom. The van der Waals surface area contributed by atoms with Gasteiger partial charge in [0.1, 0.15) is 0 Å². The molecule has 0 saturated heterocycles. The molecule has 1 aromatic carbocycles. The Labute approximate surface area is 85.4 Å². The van der Waals surface area contributed by atoms with Crippen molar-refractivity contribution in [2.75, 3.05) is 14.2 Å². The fourth-order valence-electron chi connectivity index (χ4n) is 0.912. The van der Waals surface area contributed by atoms with Gasteiger partial charge in [0.15, 0.2) is 11.5 Å². The lowest BCUT2D eigenvalue weighted by Gasteiger charge is -2.09. The summed E-state index contributed by atoms with van der Waals surface area (Å²) in [5.41, 5.74) is 0. The van der Waals surface area contributed by atoms with Crippen LogP contribution < -0.4 is 9.47 Å². The first-order valence-corrected chi connectivity index (χ1v) is 4.53. The Hall–Kier alpha value is -0.350. The van der Waals surface area contributed by atoms with Crippen LogP contribution in [0.15, 0.2) is 21.5 Å². The predicted molar refractivity (Wildman–Crippen MR) is 54.5 cm³/mol. The predicted octanol–water partition coefficient (Wildman–Crippen LogP) is 2.76. The Morgan fingerprint density at radius 3 is 2.42 bits per heavy atom. The molecule has 0 fully saturated rings. The Bertz CT molecular complexity index is 289. The van der Waals surface area contributed by atoms with Crippen LogP contribution in [-0.4, -0.2) is 14.2 Å². The van der Waals surface area contributed by atoms with E-state index >= 15 is 0 Å². The summed E-state index contributed by atoms with van der Waals surface area (Å²) in [6.07, 6.45) is 0. The van der Waals surface area contributed by atoms with Crippen molar-refractivity contribution in [3.8, 4) is 11.5 Å². The highest BCUT2D eigenvalue weighted by molar-refractivity contribution is 9.10. The maximum atomic E-state index is 5.10. The molecule has 1 aromatic rings. The van der Waals surface area contributed by atoms with Crippen molar-refractivity contribution in [2.24, 2.45) is 0 Å². The maximum Gasteiger partial charge on any atom is 0.174 e. The van der Waals surface area contributed by atoms with Crippen LogP contribution >= 0.6 is 28.6 Å². The van der Waals surface area contributed by atoms with Crippen LogP contribution in [0.4, 0.5) is 0 Å². The molecule has 0 bridgehead atoms. The monoisotopic (exact) mass is 248 g/mol. The van der Waals surface area contributed by atoms with Gasteiger partial charge in [0.25, 0.3) is 0 Å². The largest absolute Gasteiger partial charge is 0.493 e. The summed E-state index contributed by atoms with van der Waals surface area (Å²) in [6, 6.07) is 3.68. The number of hydrogen-bond acceptors (Lipinski definition) is 3. The number of hydrogen-bond donors (Lipinski definition) is 1. The van der Waals surface area contributed by atoms with Crippen molar-refractivity contribution in [1.29, 1.82) is 0 Å². The van der Waals surface area contributed by atoms with Crippen LogP contribution in [-0.2, 0) is 0 Å². The highest BCUT2D eigenvalue weighted by Crippen LogP contribution is 2.36. The molecule has 0 spiro atoms. The molecule has 1 rings (SSSR count). The second-order valence-corrected chi connectivity index (χ2v) is 3.56. The Balaban J connectivity index is 3.24.